The van der Waals surface area contributed by atoms with Crippen molar-refractivity contribution in [3.05, 3.63) is 53.5 Å². The Kier molecular flexibility index (Phi) is 5.45. The van der Waals surface area contributed by atoms with Gasteiger partial charge in [0.2, 0.25) is 0 Å². The van der Waals surface area contributed by atoms with Gasteiger partial charge in [-0.3, -0.25) is 0 Å². The highest BCUT2D eigenvalue weighted by Gasteiger charge is 2.09. The van der Waals surface area contributed by atoms with Crippen LogP contribution in [0.2, 0.25) is 0 Å². The van der Waals surface area contributed by atoms with E-state index in [4.69, 9.17) is 4.42 Å². The standard InChI is InChI=1S/C18H26N2O/c1-5-20(13-18-7-6-10-21-18)17-9-8-16(15(4)11-17)12-19-14(2)3/h6-11,14,19H,5,12-13H2,1-4H3. The lowest BCUT2D eigenvalue weighted by Gasteiger charge is -2.23. The van der Waals surface area contributed by atoms with Crippen LogP contribution < -0.4 is 10.2 Å². The maximum Gasteiger partial charge on any atom is 0.123 e. The predicted octanol–water partition coefficient (Wildman–Crippen LogP) is 4.11. The number of furan rings is 1. The van der Waals surface area contributed by atoms with E-state index in [2.05, 4.69) is 56.1 Å². The van der Waals surface area contributed by atoms with Crippen molar-refractivity contribution in [3.8, 4) is 0 Å². The monoisotopic (exact) mass is 286 g/mol. The third kappa shape index (κ3) is 4.36. The second-order valence-electron chi connectivity index (χ2n) is 5.74. The smallest absolute Gasteiger partial charge is 0.123 e. The van der Waals surface area contributed by atoms with Crippen LogP contribution in [-0.2, 0) is 13.1 Å². The Labute approximate surface area is 128 Å². The molecular formula is C18H26N2O. The zero-order valence-electron chi connectivity index (χ0n) is 13.5. The first kappa shape index (κ1) is 15.6. The van der Waals surface area contributed by atoms with Crippen LogP contribution >= 0.6 is 0 Å². The van der Waals surface area contributed by atoms with Gasteiger partial charge in [-0.1, -0.05) is 19.9 Å². The number of nitrogens with one attached hydrogen (secondary N) is 1. The van der Waals surface area contributed by atoms with E-state index in [9.17, 15) is 0 Å². The van der Waals surface area contributed by atoms with Crippen molar-refractivity contribution in [1.82, 2.24) is 5.32 Å². The van der Waals surface area contributed by atoms with Crippen LogP contribution in [0.4, 0.5) is 5.69 Å². The quantitative estimate of drug-likeness (QED) is 0.830. The minimum Gasteiger partial charge on any atom is -0.467 e. The first-order valence-corrected chi connectivity index (χ1v) is 7.70. The molecule has 0 saturated carbocycles. The Balaban J connectivity index is 2.09. The zero-order valence-corrected chi connectivity index (χ0v) is 13.5. The zero-order chi connectivity index (χ0) is 15.2. The molecule has 0 saturated heterocycles. The number of benzene rings is 1. The normalized spacial score (nSPS) is 11.1. The topological polar surface area (TPSA) is 28.4 Å². The van der Waals surface area contributed by atoms with Gasteiger partial charge in [-0.15, -0.1) is 0 Å². The van der Waals surface area contributed by atoms with Crippen LogP contribution in [0, 0.1) is 6.92 Å². The van der Waals surface area contributed by atoms with Gasteiger partial charge in [0.15, 0.2) is 0 Å². The summed E-state index contributed by atoms with van der Waals surface area (Å²) < 4.78 is 5.45. The van der Waals surface area contributed by atoms with Crippen molar-refractivity contribution < 1.29 is 4.42 Å². The Morgan fingerprint density at radius 3 is 2.62 bits per heavy atom. The molecule has 1 heterocycles. The van der Waals surface area contributed by atoms with Crippen molar-refractivity contribution in [1.29, 1.82) is 0 Å². The summed E-state index contributed by atoms with van der Waals surface area (Å²) in [6, 6.07) is 11.2. The van der Waals surface area contributed by atoms with Crippen LogP contribution in [0.5, 0.6) is 0 Å². The van der Waals surface area contributed by atoms with E-state index in [0.29, 0.717) is 6.04 Å². The molecule has 114 valence electrons. The van der Waals surface area contributed by atoms with Crippen LogP contribution in [0.15, 0.2) is 41.0 Å². The summed E-state index contributed by atoms with van der Waals surface area (Å²) in [5.41, 5.74) is 3.94. The van der Waals surface area contributed by atoms with Gasteiger partial charge in [-0.25, -0.2) is 0 Å². The maximum atomic E-state index is 5.45. The van der Waals surface area contributed by atoms with Crippen LogP contribution in [-0.4, -0.2) is 12.6 Å². The molecule has 0 bridgehead atoms. The highest BCUT2D eigenvalue weighted by molar-refractivity contribution is 5.51. The fourth-order valence-electron chi connectivity index (χ4n) is 2.37. The van der Waals surface area contributed by atoms with Crippen molar-refractivity contribution in [2.75, 3.05) is 11.4 Å². The van der Waals surface area contributed by atoms with Crippen molar-refractivity contribution in [3.63, 3.8) is 0 Å². The summed E-state index contributed by atoms with van der Waals surface area (Å²) in [5.74, 6) is 1.00. The average molecular weight is 286 g/mol. The number of hydrogen-bond acceptors (Lipinski definition) is 3. The average Bonchev–Trinajstić information content (AvgIpc) is 2.96. The van der Waals surface area contributed by atoms with Gasteiger partial charge >= 0.3 is 0 Å². The molecule has 1 aromatic heterocycles. The molecule has 0 spiro atoms. The minimum atomic E-state index is 0.509. The fraction of sp³-hybridized carbons (Fsp3) is 0.444. The van der Waals surface area contributed by atoms with E-state index >= 15 is 0 Å². The summed E-state index contributed by atoms with van der Waals surface area (Å²) in [6.07, 6.45) is 1.73. The van der Waals surface area contributed by atoms with Crippen molar-refractivity contribution in [2.24, 2.45) is 0 Å². The van der Waals surface area contributed by atoms with E-state index in [1.54, 1.807) is 6.26 Å². The number of rotatable bonds is 7. The third-order valence-corrected chi connectivity index (χ3v) is 3.70. The Morgan fingerprint density at radius 2 is 2.05 bits per heavy atom. The molecule has 1 aromatic carbocycles. The van der Waals surface area contributed by atoms with E-state index < -0.39 is 0 Å². The van der Waals surface area contributed by atoms with Gasteiger partial charge in [0.1, 0.15) is 5.76 Å². The van der Waals surface area contributed by atoms with Gasteiger partial charge in [0, 0.05) is 24.8 Å². The van der Waals surface area contributed by atoms with Gasteiger partial charge in [-0.05, 0) is 49.2 Å². The molecule has 0 unspecified atom stereocenters. The van der Waals surface area contributed by atoms with Gasteiger partial charge < -0.3 is 14.6 Å². The van der Waals surface area contributed by atoms with E-state index in [0.717, 1.165) is 25.4 Å². The highest BCUT2D eigenvalue weighted by Crippen LogP contribution is 2.21. The van der Waals surface area contributed by atoms with Crippen LogP contribution in [0.3, 0.4) is 0 Å². The Hall–Kier alpha value is -1.74. The van der Waals surface area contributed by atoms with E-state index in [-0.39, 0.29) is 0 Å². The second-order valence-corrected chi connectivity index (χ2v) is 5.74. The lowest BCUT2D eigenvalue weighted by Crippen LogP contribution is -2.23. The first-order chi connectivity index (χ1) is 10.1. The molecule has 0 radical (unpaired) electrons. The van der Waals surface area contributed by atoms with E-state index in [1.165, 1.54) is 16.8 Å². The summed E-state index contributed by atoms with van der Waals surface area (Å²) in [5, 5.41) is 3.47. The van der Waals surface area contributed by atoms with Crippen molar-refractivity contribution in [2.45, 2.75) is 46.8 Å². The van der Waals surface area contributed by atoms with Crippen molar-refractivity contribution >= 4 is 5.69 Å². The molecule has 3 heteroatoms. The lowest BCUT2D eigenvalue weighted by molar-refractivity contribution is 0.503. The molecule has 2 rings (SSSR count). The largest absolute Gasteiger partial charge is 0.467 e. The molecule has 0 aliphatic heterocycles. The molecular weight excluding hydrogens is 260 g/mol. The van der Waals surface area contributed by atoms with E-state index in [1.807, 2.05) is 12.1 Å². The molecule has 3 nitrogen and oxygen atoms in total. The number of hydrogen-bond donors (Lipinski definition) is 1. The number of anilines is 1. The molecule has 0 atom stereocenters. The third-order valence-electron chi connectivity index (χ3n) is 3.70. The second kappa shape index (κ2) is 7.32. The van der Waals surface area contributed by atoms with Gasteiger partial charge in [0.25, 0.3) is 0 Å². The first-order valence-electron chi connectivity index (χ1n) is 7.70. The lowest BCUT2D eigenvalue weighted by atomic mass is 10.1. The van der Waals surface area contributed by atoms with Crippen LogP contribution in [0.25, 0.3) is 0 Å². The fourth-order valence-corrected chi connectivity index (χ4v) is 2.37. The summed E-state index contributed by atoms with van der Waals surface area (Å²) in [6.45, 7) is 11.4. The predicted molar refractivity (Wildman–Crippen MR) is 88.6 cm³/mol. The SMILES string of the molecule is CCN(Cc1ccco1)c1ccc(CNC(C)C)c(C)c1. The molecule has 0 fully saturated rings. The summed E-state index contributed by atoms with van der Waals surface area (Å²) >= 11 is 0. The highest BCUT2D eigenvalue weighted by atomic mass is 16.3. The summed E-state index contributed by atoms with van der Waals surface area (Å²) in [7, 11) is 0. The molecule has 0 aliphatic rings. The molecule has 2 aromatic rings. The Morgan fingerprint density at radius 1 is 1.24 bits per heavy atom. The molecule has 0 aliphatic carbocycles. The minimum absolute atomic E-state index is 0.509. The van der Waals surface area contributed by atoms with Gasteiger partial charge in [-0.2, -0.15) is 0 Å². The summed E-state index contributed by atoms with van der Waals surface area (Å²) in [4.78, 5) is 2.32. The number of aryl methyl sites for hydroxylation is 1. The molecule has 0 amide bonds. The van der Waals surface area contributed by atoms with Gasteiger partial charge in [0.05, 0.1) is 12.8 Å². The Bertz CT molecular complexity index is 546. The molecule has 21 heavy (non-hydrogen) atoms. The molecule has 1 N–H and O–H groups in total. The maximum absolute atomic E-state index is 5.45. The van der Waals surface area contributed by atoms with Crippen LogP contribution in [0.1, 0.15) is 37.7 Å². The number of nitrogens with zero attached hydrogens (tertiary/aromatic N) is 1.